The van der Waals surface area contributed by atoms with E-state index in [9.17, 15) is 5.11 Å². The highest BCUT2D eigenvalue weighted by molar-refractivity contribution is 5.50. The average Bonchev–Trinajstić information content (AvgIpc) is 2.60. The van der Waals surface area contributed by atoms with Crippen molar-refractivity contribution in [3.05, 3.63) is 76.9 Å². The second-order valence-corrected chi connectivity index (χ2v) is 6.14. The number of rotatable bonds is 8. The topological polar surface area (TPSA) is 20.2 Å². The van der Waals surface area contributed by atoms with Crippen LogP contribution in [0.15, 0.2) is 54.6 Å². The predicted molar refractivity (Wildman–Crippen MR) is 99.6 cm³/mol. The number of benzene rings is 2. The van der Waals surface area contributed by atoms with Gasteiger partial charge in [-0.1, -0.05) is 81.0 Å². The molecule has 0 fully saturated rings. The summed E-state index contributed by atoms with van der Waals surface area (Å²) in [4.78, 5) is 0. The molecule has 2 aromatic carbocycles. The van der Waals surface area contributed by atoms with E-state index in [1.165, 1.54) is 29.5 Å². The molecule has 1 unspecified atom stereocenters. The van der Waals surface area contributed by atoms with E-state index in [1.54, 1.807) is 0 Å². The van der Waals surface area contributed by atoms with Gasteiger partial charge in [-0.2, -0.15) is 0 Å². The first-order valence-corrected chi connectivity index (χ1v) is 8.74. The summed E-state index contributed by atoms with van der Waals surface area (Å²) in [6.07, 6.45) is 8.77. The molecule has 0 aromatic heterocycles. The molecule has 0 heterocycles. The van der Waals surface area contributed by atoms with Crippen LogP contribution in [-0.4, -0.2) is 11.2 Å². The monoisotopic (exact) mass is 308 g/mol. The van der Waals surface area contributed by atoms with Gasteiger partial charge in [0.15, 0.2) is 0 Å². The van der Waals surface area contributed by atoms with Crippen LogP contribution in [-0.2, 0) is 19.3 Å². The minimum Gasteiger partial charge on any atom is -0.389 e. The Morgan fingerprint density at radius 2 is 1.26 bits per heavy atom. The third-order valence-corrected chi connectivity index (χ3v) is 4.17. The minimum absolute atomic E-state index is 0.342. The Labute approximate surface area is 140 Å². The fraction of sp³-hybridized carbons (Fsp3) is 0.364. The SMILES string of the molecule is CCCc1ccc(CCc2ccc(C=CC(O)CC)cc2)cc1. The zero-order valence-corrected chi connectivity index (χ0v) is 14.3. The molecule has 0 spiro atoms. The van der Waals surface area contributed by atoms with Crippen LogP contribution in [0.2, 0.25) is 0 Å². The first-order chi connectivity index (χ1) is 11.2. The lowest BCUT2D eigenvalue weighted by molar-refractivity contribution is 0.220. The summed E-state index contributed by atoms with van der Waals surface area (Å²) in [6.45, 7) is 4.20. The van der Waals surface area contributed by atoms with E-state index in [0.29, 0.717) is 0 Å². The maximum atomic E-state index is 9.55. The van der Waals surface area contributed by atoms with Crippen molar-refractivity contribution in [3.63, 3.8) is 0 Å². The summed E-state index contributed by atoms with van der Waals surface area (Å²) < 4.78 is 0. The van der Waals surface area contributed by atoms with Gasteiger partial charge in [0.2, 0.25) is 0 Å². The molecule has 1 atom stereocenters. The first-order valence-electron chi connectivity index (χ1n) is 8.74. The van der Waals surface area contributed by atoms with Crippen molar-refractivity contribution in [2.24, 2.45) is 0 Å². The average molecular weight is 308 g/mol. The molecule has 0 amide bonds. The Balaban J connectivity index is 1.87. The third kappa shape index (κ3) is 6.03. The number of aliphatic hydroxyl groups excluding tert-OH is 1. The van der Waals surface area contributed by atoms with Gasteiger partial charge in [0, 0.05) is 0 Å². The van der Waals surface area contributed by atoms with Gasteiger partial charge >= 0.3 is 0 Å². The van der Waals surface area contributed by atoms with Crippen LogP contribution in [0.1, 0.15) is 48.9 Å². The van der Waals surface area contributed by atoms with Gasteiger partial charge in [-0.3, -0.25) is 0 Å². The van der Waals surface area contributed by atoms with Crippen molar-refractivity contribution < 1.29 is 5.11 Å². The highest BCUT2D eigenvalue weighted by atomic mass is 16.3. The molecule has 23 heavy (non-hydrogen) atoms. The van der Waals surface area contributed by atoms with Crippen LogP contribution in [0.4, 0.5) is 0 Å². The molecule has 1 nitrogen and oxygen atoms in total. The Kier molecular flexibility index (Phi) is 7.09. The Bertz CT molecular complexity index is 593. The van der Waals surface area contributed by atoms with Crippen LogP contribution >= 0.6 is 0 Å². The van der Waals surface area contributed by atoms with E-state index >= 15 is 0 Å². The van der Waals surface area contributed by atoms with Crippen LogP contribution in [0.3, 0.4) is 0 Å². The molecular weight excluding hydrogens is 280 g/mol. The van der Waals surface area contributed by atoms with Crippen molar-refractivity contribution in [1.29, 1.82) is 0 Å². The number of aryl methyl sites for hydroxylation is 3. The second-order valence-electron chi connectivity index (χ2n) is 6.14. The summed E-state index contributed by atoms with van der Waals surface area (Å²) in [5.41, 5.74) is 5.34. The van der Waals surface area contributed by atoms with Crippen LogP contribution in [0, 0.1) is 0 Å². The molecule has 2 aromatic rings. The Hall–Kier alpha value is -1.86. The maximum absolute atomic E-state index is 9.55. The van der Waals surface area contributed by atoms with E-state index in [1.807, 2.05) is 19.1 Å². The molecule has 0 saturated heterocycles. The quantitative estimate of drug-likeness (QED) is 0.710. The molecule has 2 rings (SSSR count). The van der Waals surface area contributed by atoms with Gasteiger partial charge in [-0.25, -0.2) is 0 Å². The number of hydrogen-bond donors (Lipinski definition) is 1. The summed E-state index contributed by atoms with van der Waals surface area (Å²) in [5, 5.41) is 9.55. The molecule has 0 bridgehead atoms. The van der Waals surface area contributed by atoms with E-state index in [2.05, 4.69) is 55.5 Å². The van der Waals surface area contributed by atoms with Crippen molar-refractivity contribution in [2.45, 2.75) is 52.1 Å². The lowest BCUT2D eigenvalue weighted by Crippen LogP contribution is -1.97. The molecule has 0 saturated carbocycles. The van der Waals surface area contributed by atoms with Crippen LogP contribution in [0.25, 0.3) is 6.08 Å². The normalized spacial score (nSPS) is 12.7. The van der Waals surface area contributed by atoms with Gasteiger partial charge in [0.25, 0.3) is 0 Å². The van der Waals surface area contributed by atoms with Crippen molar-refractivity contribution in [2.75, 3.05) is 0 Å². The fourth-order valence-corrected chi connectivity index (χ4v) is 2.60. The van der Waals surface area contributed by atoms with Gasteiger partial charge in [-0.05, 0) is 47.9 Å². The smallest absolute Gasteiger partial charge is 0.0721 e. The molecule has 0 aliphatic rings. The molecule has 1 heteroatoms. The van der Waals surface area contributed by atoms with Gasteiger partial charge in [0.05, 0.1) is 6.10 Å². The van der Waals surface area contributed by atoms with Crippen molar-refractivity contribution in [1.82, 2.24) is 0 Å². The summed E-state index contributed by atoms with van der Waals surface area (Å²) >= 11 is 0. The van der Waals surface area contributed by atoms with Crippen molar-refractivity contribution >= 4 is 6.08 Å². The number of hydrogen-bond acceptors (Lipinski definition) is 1. The predicted octanol–water partition coefficient (Wildman–Crippen LogP) is 5.21. The summed E-state index contributed by atoms with van der Waals surface area (Å²) in [7, 11) is 0. The van der Waals surface area contributed by atoms with E-state index in [4.69, 9.17) is 0 Å². The molecule has 0 aliphatic heterocycles. The molecular formula is C22H28O. The Morgan fingerprint density at radius 3 is 1.74 bits per heavy atom. The minimum atomic E-state index is -0.342. The maximum Gasteiger partial charge on any atom is 0.0721 e. The van der Waals surface area contributed by atoms with Gasteiger partial charge < -0.3 is 5.11 Å². The fourth-order valence-electron chi connectivity index (χ4n) is 2.60. The van der Waals surface area contributed by atoms with E-state index < -0.39 is 0 Å². The summed E-state index contributed by atoms with van der Waals surface area (Å²) in [5.74, 6) is 0. The molecule has 122 valence electrons. The standard InChI is InChI=1S/C22H28O/c1-3-5-18-6-8-19(9-7-18)10-11-20-12-14-21(15-13-20)16-17-22(23)4-2/h6-9,12-17,22-23H,3-5,10-11H2,1-2H3. The lowest BCUT2D eigenvalue weighted by atomic mass is 10.0. The third-order valence-electron chi connectivity index (χ3n) is 4.17. The van der Waals surface area contributed by atoms with E-state index in [-0.39, 0.29) is 6.10 Å². The van der Waals surface area contributed by atoms with Gasteiger partial charge in [0.1, 0.15) is 0 Å². The number of aliphatic hydroxyl groups is 1. The summed E-state index contributed by atoms with van der Waals surface area (Å²) in [6, 6.07) is 17.6. The second kappa shape index (κ2) is 9.32. The largest absolute Gasteiger partial charge is 0.389 e. The van der Waals surface area contributed by atoms with Crippen LogP contribution in [0.5, 0.6) is 0 Å². The van der Waals surface area contributed by atoms with Crippen LogP contribution < -0.4 is 0 Å². The zero-order valence-electron chi connectivity index (χ0n) is 14.3. The molecule has 1 N–H and O–H groups in total. The van der Waals surface area contributed by atoms with E-state index in [0.717, 1.165) is 24.8 Å². The zero-order chi connectivity index (χ0) is 16.5. The lowest BCUT2D eigenvalue weighted by Gasteiger charge is -2.05. The Morgan fingerprint density at radius 1 is 0.783 bits per heavy atom. The molecule has 0 aliphatic carbocycles. The molecule has 0 radical (unpaired) electrons. The van der Waals surface area contributed by atoms with Gasteiger partial charge in [-0.15, -0.1) is 0 Å². The van der Waals surface area contributed by atoms with Crippen molar-refractivity contribution in [3.8, 4) is 0 Å². The first kappa shape index (κ1) is 17.5. The highest BCUT2D eigenvalue weighted by Gasteiger charge is 1.98. The highest BCUT2D eigenvalue weighted by Crippen LogP contribution is 2.12.